The van der Waals surface area contributed by atoms with Gasteiger partial charge in [-0.25, -0.2) is 17.6 Å². The Morgan fingerprint density at radius 2 is 1.17 bits per heavy atom. The molecule has 0 radical (unpaired) electrons. The van der Waals surface area contributed by atoms with Gasteiger partial charge in [0.15, 0.2) is 23.3 Å². The molecule has 0 heterocycles. The van der Waals surface area contributed by atoms with Gasteiger partial charge in [-0.2, -0.15) is 0 Å². The lowest BCUT2D eigenvalue weighted by Crippen LogP contribution is -2.19. The van der Waals surface area contributed by atoms with Gasteiger partial charge >= 0.3 is 0 Å². The number of halogens is 4. The fourth-order valence-corrected chi connectivity index (χ4v) is 1.29. The van der Waals surface area contributed by atoms with Crippen LogP contribution in [0.2, 0.25) is 0 Å². The van der Waals surface area contributed by atoms with Gasteiger partial charge in [0.05, 0.1) is 0 Å². The predicted octanol–water partition coefficient (Wildman–Crippen LogP) is 0.542. The van der Waals surface area contributed by atoms with E-state index in [-0.39, 0.29) is 10.2 Å². The molecule has 1 aromatic rings. The molecule has 0 N–H and O–H groups in total. The molecular weight excluding hydrogens is 188 g/mol. The van der Waals surface area contributed by atoms with Crippen LogP contribution in [0.15, 0.2) is 0 Å². The number of benzene rings is 1. The van der Waals surface area contributed by atoms with Gasteiger partial charge in [0, 0.05) is 21.0 Å². The Hall–Kier alpha value is -0.843. The average Bonchev–Trinajstić information content (AvgIpc) is 2.08. The number of rotatable bonds is 0. The molecule has 5 heteroatoms. The van der Waals surface area contributed by atoms with Crippen LogP contribution in [0.1, 0.15) is 5.56 Å². The van der Waals surface area contributed by atoms with Crippen LogP contribution in [-0.4, -0.2) is 10.2 Å². The maximum Gasteiger partial charge on any atom is 0.164 e. The van der Waals surface area contributed by atoms with Crippen LogP contribution in [0.25, 0.3) is 0 Å². The molecular formula is C7H6F4Si. The topological polar surface area (TPSA) is 0 Å². The van der Waals surface area contributed by atoms with Gasteiger partial charge in [-0.1, -0.05) is 0 Å². The van der Waals surface area contributed by atoms with Crippen molar-refractivity contribution in [3.8, 4) is 0 Å². The van der Waals surface area contributed by atoms with Gasteiger partial charge in [0.2, 0.25) is 0 Å². The molecule has 0 bridgehead atoms. The summed E-state index contributed by atoms with van der Waals surface area (Å²) in [5.74, 6) is -5.12. The summed E-state index contributed by atoms with van der Waals surface area (Å²) in [7, 11) is -0.0565. The Morgan fingerprint density at radius 1 is 0.833 bits per heavy atom. The Kier molecular flexibility index (Phi) is 2.23. The molecule has 1 aromatic carbocycles. The lowest BCUT2D eigenvalue weighted by atomic mass is 10.2. The van der Waals surface area contributed by atoms with Crippen molar-refractivity contribution in [2.24, 2.45) is 0 Å². The van der Waals surface area contributed by atoms with Crippen molar-refractivity contribution >= 4 is 15.4 Å². The first kappa shape index (κ1) is 9.25. The number of hydrogen-bond donors (Lipinski definition) is 0. The van der Waals surface area contributed by atoms with Gasteiger partial charge in [0.25, 0.3) is 0 Å². The van der Waals surface area contributed by atoms with E-state index < -0.39 is 34.0 Å². The van der Waals surface area contributed by atoms with Crippen molar-refractivity contribution < 1.29 is 17.6 Å². The van der Waals surface area contributed by atoms with E-state index in [1.807, 2.05) is 0 Å². The first-order chi connectivity index (χ1) is 5.46. The molecule has 0 atom stereocenters. The van der Waals surface area contributed by atoms with Crippen molar-refractivity contribution in [1.29, 1.82) is 0 Å². The third-order valence-electron chi connectivity index (χ3n) is 1.70. The van der Waals surface area contributed by atoms with E-state index in [1.54, 1.807) is 0 Å². The molecule has 0 saturated heterocycles. The van der Waals surface area contributed by atoms with Crippen molar-refractivity contribution in [3.05, 3.63) is 28.8 Å². The van der Waals surface area contributed by atoms with Gasteiger partial charge in [0.1, 0.15) is 0 Å². The molecule has 0 aliphatic heterocycles. The summed E-state index contributed by atoms with van der Waals surface area (Å²) >= 11 is 0. The van der Waals surface area contributed by atoms with E-state index in [9.17, 15) is 17.6 Å². The van der Waals surface area contributed by atoms with E-state index >= 15 is 0 Å². The SMILES string of the molecule is Cc1c(F)c(F)c([SiH3])c(F)c1F. The zero-order valence-corrected chi connectivity index (χ0v) is 8.51. The van der Waals surface area contributed by atoms with Crippen LogP contribution >= 0.6 is 0 Å². The molecule has 0 nitrogen and oxygen atoms in total. The van der Waals surface area contributed by atoms with Crippen LogP contribution in [0.5, 0.6) is 0 Å². The second-order valence-corrected chi connectivity index (χ2v) is 3.51. The highest BCUT2D eigenvalue weighted by Crippen LogP contribution is 2.15. The molecule has 0 aliphatic carbocycles. The first-order valence-corrected chi connectivity index (χ1v) is 4.26. The summed E-state index contributed by atoms with van der Waals surface area (Å²) in [5.41, 5.74) is -0.607. The molecule has 0 aliphatic rings. The zero-order valence-electron chi connectivity index (χ0n) is 6.51. The van der Waals surface area contributed by atoms with Crippen molar-refractivity contribution in [3.63, 3.8) is 0 Å². The highest BCUT2D eigenvalue weighted by molar-refractivity contribution is 6.32. The average molecular weight is 194 g/mol. The summed E-state index contributed by atoms with van der Waals surface area (Å²) in [6, 6.07) is 0. The molecule has 0 unspecified atom stereocenters. The summed E-state index contributed by atoms with van der Waals surface area (Å²) < 4.78 is 50.7. The monoisotopic (exact) mass is 194 g/mol. The molecule has 0 fully saturated rings. The molecule has 1 rings (SSSR count). The largest absolute Gasteiger partial charge is 0.204 e. The zero-order chi connectivity index (χ0) is 9.46. The van der Waals surface area contributed by atoms with E-state index in [4.69, 9.17) is 0 Å². The van der Waals surface area contributed by atoms with Gasteiger partial charge in [-0.15, -0.1) is 0 Å². The summed E-state index contributed by atoms with van der Waals surface area (Å²) in [6.45, 7) is 0.998. The minimum atomic E-state index is -1.29. The summed E-state index contributed by atoms with van der Waals surface area (Å²) in [4.78, 5) is 0. The summed E-state index contributed by atoms with van der Waals surface area (Å²) in [6.07, 6.45) is 0. The second kappa shape index (κ2) is 2.89. The van der Waals surface area contributed by atoms with E-state index in [1.165, 1.54) is 0 Å². The quantitative estimate of drug-likeness (QED) is 0.321. The maximum atomic E-state index is 12.7. The minimum absolute atomic E-state index is 0.0565. The molecule has 12 heavy (non-hydrogen) atoms. The standard InChI is InChI=1S/C7H6F4Si/c1-2-3(8)5(10)7(12)6(11)4(2)9/h1,12H3. The van der Waals surface area contributed by atoms with Crippen LogP contribution in [0.4, 0.5) is 17.6 Å². The fourth-order valence-electron chi connectivity index (χ4n) is 0.851. The van der Waals surface area contributed by atoms with Gasteiger partial charge in [-0.3, -0.25) is 0 Å². The highest BCUT2D eigenvalue weighted by atomic mass is 28.1. The third-order valence-corrected chi connectivity index (χ3v) is 2.58. The van der Waals surface area contributed by atoms with Crippen molar-refractivity contribution in [1.82, 2.24) is 0 Å². The Bertz CT molecular complexity index is 230. The Labute approximate surface area is 69.6 Å². The molecule has 0 spiro atoms. The van der Waals surface area contributed by atoms with Crippen LogP contribution in [-0.2, 0) is 0 Å². The molecule has 0 saturated carbocycles. The highest BCUT2D eigenvalue weighted by Gasteiger charge is 2.19. The third kappa shape index (κ3) is 1.14. The predicted molar refractivity (Wildman–Crippen MR) is 40.6 cm³/mol. The smallest absolute Gasteiger partial charge is 0.164 e. The normalized spacial score (nSPS) is 10.8. The Morgan fingerprint density at radius 3 is 1.50 bits per heavy atom. The van der Waals surface area contributed by atoms with E-state index in [2.05, 4.69) is 0 Å². The second-order valence-electron chi connectivity index (χ2n) is 2.51. The Balaban J connectivity index is 3.60. The molecule has 0 aromatic heterocycles. The van der Waals surface area contributed by atoms with Crippen LogP contribution in [0.3, 0.4) is 0 Å². The minimum Gasteiger partial charge on any atom is -0.204 e. The first-order valence-electron chi connectivity index (χ1n) is 3.26. The lowest BCUT2D eigenvalue weighted by molar-refractivity contribution is 0.454. The maximum absolute atomic E-state index is 12.7. The van der Waals surface area contributed by atoms with Gasteiger partial charge < -0.3 is 0 Å². The van der Waals surface area contributed by atoms with Crippen molar-refractivity contribution in [2.45, 2.75) is 6.92 Å². The van der Waals surface area contributed by atoms with Gasteiger partial charge in [-0.05, 0) is 6.92 Å². The lowest BCUT2D eigenvalue weighted by Gasteiger charge is -2.04. The van der Waals surface area contributed by atoms with Crippen molar-refractivity contribution in [2.75, 3.05) is 0 Å². The van der Waals surface area contributed by atoms with E-state index in [0.29, 0.717) is 0 Å². The molecule has 0 amide bonds. The molecule has 66 valence electrons. The van der Waals surface area contributed by atoms with Crippen LogP contribution in [0, 0.1) is 30.2 Å². The number of hydrogen-bond acceptors (Lipinski definition) is 0. The fraction of sp³-hybridized carbons (Fsp3) is 0.143. The van der Waals surface area contributed by atoms with E-state index in [0.717, 1.165) is 6.92 Å². The summed E-state index contributed by atoms with van der Waals surface area (Å²) in [5, 5.41) is -0.490. The van der Waals surface area contributed by atoms with Crippen LogP contribution < -0.4 is 5.19 Å².